The van der Waals surface area contributed by atoms with Crippen LogP contribution in [-0.2, 0) is 19.1 Å². The maximum Gasteiger partial charge on any atom is 0.411 e. The second kappa shape index (κ2) is 29.1. The summed E-state index contributed by atoms with van der Waals surface area (Å²) in [6.07, 6.45) is 13.4. The van der Waals surface area contributed by atoms with Crippen molar-refractivity contribution in [2.75, 3.05) is 49.0 Å². The van der Waals surface area contributed by atoms with E-state index in [9.17, 15) is 19.2 Å². The summed E-state index contributed by atoms with van der Waals surface area (Å²) in [5.74, 6) is 1.27. The van der Waals surface area contributed by atoms with Gasteiger partial charge in [0.15, 0.2) is 0 Å². The summed E-state index contributed by atoms with van der Waals surface area (Å²) in [6, 6.07) is 28.2. The van der Waals surface area contributed by atoms with E-state index in [4.69, 9.17) is 23.7 Å². The Morgan fingerprint density at radius 1 is 0.500 bits per heavy atom. The molecule has 3 N–H and O–H groups in total. The lowest BCUT2D eigenvalue weighted by Gasteiger charge is -2.34. The fourth-order valence-electron chi connectivity index (χ4n) is 6.67. The Morgan fingerprint density at radius 3 is 1.38 bits per heavy atom. The third kappa shape index (κ3) is 18.2. The third-order valence-corrected chi connectivity index (χ3v) is 10.4. The van der Waals surface area contributed by atoms with E-state index in [2.05, 4.69) is 41.7 Å². The number of benzene rings is 4. The molecular formula is C51H66N4O9. The molecule has 0 spiro atoms. The van der Waals surface area contributed by atoms with Gasteiger partial charge in [0.25, 0.3) is 0 Å². The zero-order chi connectivity index (χ0) is 45.7. The maximum absolute atomic E-state index is 13.1. The van der Waals surface area contributed by atoms with E-state index in [0.29, 0.717) is 52.9 Å². The van der Waals surface area contributed by atoms with E-state index in [1.807, 2.05) is 24.3 Å². The summed E-state index contributed by atoms with van der Waals surface area (Å²) < 4.78 is 31.7. The fourth-order valence-corrected chi connectivity index (χ4v) is 6.67. The zero-order valence-corrected chi connectivity index (χ0v) is 37.8. The lowest BCUT2D eigenvalue weighted by Crippen LogP contribution is -2.45. The molecule has 0 fully saturated rings. The summed E-state index contributed by atoms with van der Waals surface area (Å²) in [6.45, 7) is 6.32. The lowest BCUT2D eigenvalue weighted by molar-refractivity contribution is -0.117. The largest absolute Gasteiger partial charge is 0.490 e. The molecule has 0 heterocycles. The molecule has 344 valence electrons. The van der Waals surface area contributed by atoms with Gasteiger partial charge in [0.1, 0.15) is 60.5 Å². The lowest BCUT2D eigenvalue weighted by atomic mass is 9.92. The summed E-state index contributed by atoms with van der Waals surface area (Å²) >= 11 is 0. The minimum absolute atomic E-state index is 0.0724. The minimum Gasteiger partial charge on any atom is -0.490 e. The molecule has 1 unspecified atom stereocenters. The molecule has 0 saturated heterocycles. The number of isocyanates is 1. The van der Waals surface area contributed by atoms with Gasteiger partial charge in [-0.05, 0) is 67.8 Å². The molecule has 0 bridgehead atoms. The number of ether oxygens (including phenoxy) is 5. The highest BCUT2D eigenvalue weighted by Crippen LogP contribution is 2.35. The molecule has 1 atom stereocenters. The molecule has 4 rings (SSSR count). The van der Waals surface area contributed by atoms with Gasteiger partial charge in [0.2, 0.25) is 17.9 Å². The van der Waals surface area contributed by atoms with Crippen LogP contribution < -0.4 is 34.9 Å². The van der Waals surface area contributed by atoms with Gasteiger partial charge in [-0.2, -0.15) is 4.99 Å². The second-order valence-corrected chi connectivity index (χ2v) is 15.9. The first-order chi connectivity index (χ1) is 31.3. The van der Waals surface area contributed by atoms with Crippen molar-refractivity contribution in [1.29, 1.82) is 0 Å². The average Bonchev–Trinajstić information content (AvgIpc) is 3.30. The highest BCUT2D eigenvalue weighted by Gasteiger charge is 2.37. The smallest absolute Gasteiger partial charge is 0.411 e. The van der Waals surface area contributed by atoms with E-state index in [1.165, 1.54) is 0 Å². The highest BCUT2D eigenvalue weighted by atomic mass is 16.6. The second-order valence-electron chi connectivity index (χ2n) is 15.9. The summed E-state index contributed by atoms with van der Waals surface area (Å²) in [5, 5.41) is 8.85. The Morgan fingerprint density at radius 2 is 0.891 bits per heavy atom. The molecule has 4 aromatic rings. The zero-order valence-electron chi connectivity index (χ0n) is 37.8. The predicted molar refractivity (Wildman–Crippen MR) is 252 cm³/mol. The number of amides is 3. The van der Waals surface area contributed by atoms with Gasteiger partial charge in [-0.15, -0.1) is 0 Å². The highest BCUT2D eigenvalue weighted by molar-refractivity contribution is 5.93. The number of unbranched alkanes of at least 4 members (excludes halogenated alkanes) is 9. The number of aliphatic imine (C=N–C) groups is 1. The Labute approximate surface area is 378 Å². The van der Waals surface area contributed by atoms with Gasteiger partial charge in [-0.25, -0.2) is 9.59 Å². The molecule has 0 aromatic heterocycles. The molecule has 0 aliphatic heterocycles. The first-order valence-electron chi connectivity index (χ1n) is 22.8. The van der Waals surface area contributed by atoms with Gasteiger partial charge in [-0.3, -0.25) is 14.9 Å². The maximum atomic E-state index is 13.1. The minimum atomic E-state index is -1.17. The molecule has 64 heavy (non-hydrogen) atoms. The number of carbonyl (C=O) groups is 3. The first-order valence-corrected chi connectivity index (χ1v) is 22.8. The van der Waals surface area contributed by atoms with Crippen LogP contribution in [0.25, 0.3) is 0 Å². The van der Waals surface area contributed by atoms with Crippen molar-refractivity contribution in [3.05, 3.63) is 97.1 Å². The molecular weight excluding hydrogens is 813 g/mol. The normalized spacial score (nSPS) is 11.6. The summed E-state index contributed by atoms with van der Waals surface area (Å²) in [5.41, 5.74) is 0.498. The van der Waals surface area contributed by atoms with Gasteiger partial charge in [-0.1, -0.05) is 127 Å². The van der Waals surface area contributed by atoms with Crippen molar-refractivity contribution in [2.24, 2.45) is 10.4 Å². The van der Waals surface area contributed by atoms with Crippen LogP contribution in [0.2, 0.25) is 0 Å². The number of para-hydroxylation sites is 8. The van der Waals surface area contributed by atoms with Crippen molar-refractivity contribution in [2.45, 2.75) is 111 Å². The number of hydrogen-bond donors (Lipinski definition) is 3. The Kier molecular flexibility index (Phi) is 22.9. The van der Waals surface area contributed by atoms with Gasteiger partial charge < -0.3 is 34.3 Å². The van der Waals surface area contributed by atoms with E-state index in [-0.39, 0.29) is 50.5 Å². The van der Waals surface area contributed by atoms with Crippen LogP contribution >= 0.6 is 0 Å². The van der Waals surface area contributed by atoms with Crippen LogP contribution in [0.4, 0.5) is 27.5 Å². The Balaban J connectivity index is 1.69. The molecule has 4 aromatic carbocycles. The average molecular weight is 879 g/mol. The fraction of sp³-hybridized carbons (Fsp3) is 0.451. The standard InChI is InChI=1S/C51H66N4O9/c1-4-7-10-12-14-33-49(58)54-42-26-17-21-30-46(42)63-37-51(35-61-44-28-19-15-24-40(44)52-39-56,36-62-45-29-20-16-25-41(45)53-48(57)32-13-11-8-5-2)38-64-47-31-22-18-27-43(47)55-50(59)60-34-23-9-6-3/h15-22,24-31H,4-14,23,32-38H2,1-3H3,(H,53,57)(H,54,58)(H,55,59). The van der Waals surface area contributed by atoms with Crippen molar-refractivity contribution in [1.82, 2.24) is 0 Å². The molecule has 13 nitrogen and oxygen atoms in total. The van der Waals surface area contributed by atoms with Crippen LogP contribution in [0.3, 0.4) is 0 Å². The van der Waals surface area contributed by atoms with Gasteiger partial charge in [0.05, 0.1) is 23.7 Å². The topological polar surface area (TPSA) is 163 Å². The molecule has 0 saturated carbocycles. The summed E-state index contributed by atoms with van der Waals surface area (Å²) in [7, 11) is 0. The number of carbonyl (C=O) groups excluding carboxylic acids is 4. The van der Waals surface area contributed by atoms with Crippen molar-refractivity contribution in [3.8, 4) is 23.0 Å². The van der Waals surface area contributed by atoms with E-state index in [0.717, 1.165) is 77.0 Å². The number of nitrogens with zero attached hydrogens (tertiary/aromatic N) is 1. The van der Waals surface area contributed by atoms with Crippen molar-refractivity contribution >= 4 is 46.7 Å². The third-order valence-electron chi connectivity index (χ3n) is 10.4. The number of hydrogen-bond acceptors (Lipinski definition) is 10. The monoisotopic (exact) mass is 878 g/mol. The van der Waals surface area contributed by atoms with E-state index < -0.39 is 11.5 Å². The molecule has 13 heteroatoms. The van der Waals surface area contributed by atoms with Crippen LogP contribution in [0.1, 0.15) is 111 Å². The van der Waals surface area contributed by atoms with E-state index >= 15 is 0 Å². The van der Waals surface area contributed by atoms with Crippen molar-refractivity contribution in [3.63, 3.8) is 0 Å². The van der Waals surface area contributed by atoms with E-state index in [1.54, 1.807) is 78.9 Å². The number of rotatable bonds is 31. The molecule has 0 aliphatic rings. The Hall–Kier alpha value is -6.33. The van der Waals surface area contributed by atoms with Crippen LogP contribution in [0.5, 0.6) is 23.0 Å². The number of anilines is 3. The molecule has 0 aliphatic carbocycles. The SMILES string of the molecule is CCCCCCCC(=O)Nc1ccccc1OCC(COc1ccccc1N=C=O)(COc1ccccc1NC(=O)CCCCCC)COc1ccccc1NC(=O)OCCCCC. The quantitative estimate of drug-likeness (QED) is 0.0254. The van der Waals surface area contributed by atoms with Crippen molar-refractivity contribution < 1.29 is 42.9 Å². The van der Waals surface area contributed by atoms with Crippen LogP contribution in [0, 0.1) is 5.41 Å². The van der Waals surface area contributed by atoms with Gasteiger partial charge in [0, 0.05) is 12.8 Å². The summed E-state index contributed by atoms with van der Waals surface area (Å²) in [4.78, 5) is 54.3. The Bertz CT molecular complexity index is 2000. The van der Waals surface area contributed by atoms with Crippen LogP contribution in [0.15, 0.2) is 102 Å². The molecule has 3 amide bonds. The first kappa shape index (κ1) is 50.3. The van der Waals surface area contributed by atoms with Gasteiger partial charge >= 0.3 is 6.09 Å². The molecule has 0 radical (unpaired) electrons. The van der Waals surface area contributed by atoms with Crippen LogP contribution in [-0.4, -0.2) is 57.0 Å². The number of nitrogens with one attached hydrogen (secondary N) is 3. The predicted octanol–water partition coefficient (Wildman–Crippen LogP) is 12.2.